The molecule has 0 bridgehead atoms. The first-order chi connectivity index (χ1) is 14.2. The van der Waals surface area contributed by atoms with E-state index in [9.17, 15) is 24.3 Å². The number of aliphatic carboxylic acids is 1. The molecule has 0 rings (SSSR count). The Morgan fingerprint density at radius 3 is 1.72 bits per heavy atom. The van der Waals surface area contributed by atoms with E-state index in [1.807, 2.05) is 0 Å². The van der Waals surface area contributed by atoms with E-state index in [1.54, 1.807) is 62.3 Å². The van der Waals surface area contributed by atoms with Crippen LogP contribution in [0.4, 0.5) is 4.79 Å². The van der Waals surface area contributed by atoms with E-state index in [-0.39, 0.29) is 13.0 Å². The Bertz CT molecular complexity index is 671. The molecule has 10 nitrogen and oxygen atoms in total. The third-order valence-corrected chi connectivity index (χ3v) is 3.73. The summed E-state index contributed by atoms with van der Waals surface area (Å²) in [5.41, 5.74) is -2.11. The van der Waals surface area contributed by atoms with E-state index in [2.05, 4.69) is 10.6 Å². The van der Waals surface area contributed by atoms with Gasteiger partial charge in [-0.15, -0.1) is 0 Å². The van der Waals surface area contributed by atoms with Crippen LogP contribution < -0.4 is 10.6 Å². The number of hydrogen-bond donors (Lipinski definition) is 3. The van der Waals surface area contributed by atoms with Crippen molar-refractivity contribution in [2.24, 2.45) is 5.92 Å². The summed E-state index contributed by atoms with van der Waals surface area (Å²) in [7, 11) is 0. The first kappa shape index (κ1) is 29.6. The molecule has 0 aromatic heterocycles. The van der Waals surface area contributed by atoms with Crippen molar-refractivity contribution in [1.82, 2.24) is 10.6 Å². The number of esters is 1. The molecular formula is C22H40N2O8. The van der Waals surface area contributed by atoms with E-state index in [1.165, 1.54) is 6.92 Å². The van der Waals surface area contributed by atoms with Crippen LogP contribution in [0, 0.1) is 5.92 Å². The van der Waals surface area contributed by atoms with E-state index >= 15 is 0 Å². The molecule has 1 unspecified atom stereocenters. The van der Waals surface area contributed by atoms with Crippen LogP contribution in [0.1, 0.15) is 75.7 Å². The van der Waals surface area contributed by atoms with Crippen molar-refractivity contribution >= 4 is 23.9 Å². The molecule has 32 heavy (non-hydrogen) atoms. The highest BCUT2D eigenvalue weighted by Crippen LogP contribution is 2.15. The lowest BCUT2D eigenvalue weighted by molar-refractivity contribution is -0.157. The molecule has 0 radical (unpaired) electrons. The predicted octanol–water partition coefficient (Wildman–Crippen LogP) is 2.63. The van der Waals surface area contributed by atoms with Crippen LogP contribution >= 0.6 is 0 Å². The molecular weight excluding hydrogens is 420 g/mol. The summed E-state index contributed by atoms with van der Waals surface area (Å²) in [4.78, 5) is 48.9. The highest BCUT2D eigenvalue weighted by molar-refractivity contribution is 5.89. The SMILES string of the molecule is CC(CC(=O)OC(C)(C)C)[C@H](NC(=O)[C@@H](COC(C)(C)C)NC(=O)OC(C)(C)C)C(=O)O. The molecule has 0 aliphatic heterocycles. The summed E-state index contributed by atoms with van der Waals surface area (Å²) < 4.78 is 16.0. The number of ether oxygens (including phenoxy) is 3. The fourth-order valence-corrected chi connectivity index (χ4v) is 2.43. The highest BCUT2D eigenvalue weighted by Gasteiger charge is 2.33. The molecule has 0 aromatic carbocycles. The van der Waals surface area contributed by atoms with E-state index < -0.39 is 58.7 Å². The molecule has 3 atom stereocenters. The van der Waals surface area contributed by atoms with Gasteiger partial charge in [0, 0.05) is 0 Å². The third kappa shape index (κ3) is 13.8. The Morgan fingerprint density at radius 1 is 0.812 bits per heavy atom. The van der Waals surface area contributed by atoms with E-state index in [0.29, 0.717) is 0 Å². The summed E-state index contributed by atoms with van der Waals surface area (Å²) in [5, 5.41) is 14.4. The van der Waals surface area contributed by atoms with Crippen LogP contribution in [0.25, 0.3) is 0 Å². The van der Waals surface area contributed by atoms with Crippen molar-refractivity contribution in [3.8, 4) is 0 Å². The lowest BCUT2D eigenvalue weighted by Crippen LogP contribution is -2.56. The highest BCUT2D eigenvalue weighted by atomic mass is 16.6. The Morgan fingerprint density at radius 2 is 1.31 bits per heavy atom. The van der Waals surface area contributed by atoms with Gasteiger partial charge in [-0.25, -0.2) is 9.59 Å². The van der Waals surface area contributed by atoms with Crippen molar-refractivity contribution in [2.45, 2.75) is 105 Å². The Balaban J connectivity index is 5.40. The maximum Gasteiger partial charge on any atom is 0.408 e. The van der Waals surface area contributed by atoms with Gasteiger partial charge in [0.15, 0.2) is 0 Å². The lowest BCUT2D eigenvalue weighted by atomic mass is 9.97. The molecule has 0 aliphatic rings. The Hall–Kier alpha value is -2.36. The van der Waals surface area contributed by atoms with Crippen LogP contribution in [0.2, 0.25) is 0 Å². The molecule has 0 heterocycles. The van der Waals surface area contributed by atoms with Gasteiger partial charge in [-0.05, 0) is 68.2 Å². The third-order valence-electron chi connectivity index (χ3n) is 3.73. The molecule has 0 aliphatic carbocycles. The monoisotopic (exact) mass is 460 g/mol. The van der Waals surface area contributed by atoms with E-state index in [4.69, 9.17) is 14.2 Å². The second-order valence-electron chi connectivity index (χ2n) is 10.7. The van der Waals surface area contributed by atoms with Gasteiger partial charge in [0.2, 0.25) is 5.91 Å². The molecule has 0 spiro atoms. The number of carbonyl (C=O) groups is 4. The molecule has 186 valence electrons. The van der Waals surface area contributed by atoms with Gasteiger partial charge in [-0.2, -0.15) is 0 Å². The van der Waals surface area contributed by atoms with Crippen LogP contribution in [0.5, 0.6) is 0 Å². The average Bonchev–Trinajstić information content (AvgIpc) is 2.51. The first-order valence-electron chi connectivity index (χ1n) is 10.6. The molecule has 0 fully saturated rings. The van der Waals surface area contributed by atoms with Crippen LogP contribution in [0.3, 0.4) is 0 Å². The number of hydrogen-bond acceptors (Lipinski definition) is 7. The molecule has 0 saturated carbocycles. The minimum absolute atomic E-state index is 0.207. The minimum atomic E-state index is -1.38. The van der Waals surface area contributed by atoms with Crippen molar-refractivity contribution in [1.29, 1.82) is 0 Å². The zero-order chi connectivity index (χ0) is 25.5. The van der Waals surface area contributed by atoms with Crippen molar-refractivity contribution < 1.29 is 38.5 Å². The smallest absolute Gasteiger partial charge is 0.408 e. The number of rotatable bonds is 9. The van der Waals surface area contributed by atoms with Gasteiger partial charge < -0.3 is 30.0 Å². The summed E-state index contributed by atoms with van der Waals surface area (Å²) in [6.07, 6.45) is -1.05. The van der Waals surface area contributed by atoms with Crippen molar-refractivity contribution in [3.63, 3.8) is 0 Å². The number of alkyl carbamates (subject to hydrolysis) is 1. The van der Waals surface area contributed by atoms with Gasteiger partial charge in [-0.3, -0.25) is 9.59 Å². The standard InChI is InChI=1S/C22H40N2O8/c1-13(11-15(25)31-21(5,6)7)16(18(27)28)24-17(26)14(12-30-20(2,3)4)23-19(29)32-22(8,9)10/h13-14,16H,11-12H2,1-10H3,(H,23,29)(H,24,26)(H,27,28)/t13?,14-,16+/m1/s1. The topological polar surface area (TPSA) is 140 Å². The molecule has 10 heteroatoms. The Labute approximate surface area is 190 Å². The summed E-state index contributed by atoms with van der Waals surface area (Å²) >= 11 is 0. The molecule has 0 saturated heterocycles. The predicted molar refractivity (Wildman–Crippen MR) is 118 cm³/mol. The van der Waals surface area contributed by atoms with Gasteiger partial charge in [-0.1, -0.05) is 6.92 Å². The fourth-order valence-electron chi connectivity index (χ4n) is 2.43. The Kier molecular flexibility index (Phi) is 10.6. The second kappa shape index (κ2) is 11.5. The molecule has 0 aromatic rings. The summed E-state index contributed by atoms with van der Waals surface area (Å²) in [5.74, 6) is -3.44. The number of amides is 2. The van der Waals surface area contributed by atoms with Crippen LogP contribution in [0.15, 0.2) is 0 Å². The van der Waals surface area contributed by atoms with E-state index in [0.717, 1.165) is 0 Å². The quantitative estimate of drug-likeness (QED) is 0.446. The van der Waals surface area contributed by atoms with Gasteiger partial charge in [0.1, 0.15) is 23.3 Å². The van der Waals surface area contributed by atoms with Crippen molar-refractivity contribution in [3.05, 3.63) is 0 Å². The van der Waals surface area contributed by atoms with Crippen LogP contribution in [-0.2, 0) is 28.6 Å². The zero-order valence-electron chi connectivity index (χ0n) is 21.0. The lowest BCUT2D eigenvalue weighted by Gasteiger charge is -2.28. The molecule has 2 amide bonds. The largest absolute Gasteiger partial charge is 0.480 e. The maximum atomic E-state index is 12.9. The number of carboxylic acids is 1. The van der Waals surface area contributed by atoms with Gasteiger partial charge in [0.05, 0.1) is 18.6 Å². The van der Waals surface area contributed by atoms with Crippen molar-refractivity contribution in [2.75, 3.05) is 6.61 Å². The maximum absolute atomic E-state index is 12.9. The number of carboxylic acid groups (broad SMARTS) is 1. The second-order valence-corrected chi connectivity index (χ2v) is 10.7. The average molecular weight is 461 g/mol. The normalized spacial score (nSPS) is 15.2. The first-order valence-corrected chi connectivity index (χ1v) is 10.6. The summed E-state index contributed by atoms with van der Waals surface area (Å²) in [6, 6.07) is -2.59. The molecule has 3 N–H and O–H groups in total. The zero-order valence-corrected chi connectivity index (χ0v) is 21.0. The number of carbonyl (C=O) groups excluding carboxylic acids is 3. The van der Waals surface area contributed by atoms with Gasteiger partial charge >= 0.3 is 18.0 Å². The fraction of sp³-hybridized carbons (Fsp3) is 0.818. The number of nitrogens with one attached hydrogen (secondary N) is 2. The minimum Gasteiger partial charge on any atom is -0.480 e. The summed E-state index contributed by atoms with van der Waals surface area (Å²) in [6.45, 7) is 16.8. The van der Waals surface area contributed by atoms with Crippen LogP contribution in [-0.4, -0.2) is 64.5 Å². The van der Waals surface area contributed by atoms with Gasteiger partial charge in [0.25, 0.3) is 0 Å².